The van der Waals surface area contributed by atoms with Crippen molar-refractivity contribution < 1.29 is 35.7 Å². The van der Waals surface area contributed by atoms with Crippen LogP contribution in [0.5, 0.6) is 0 Å². The second-order valence-corrected chi connectivity index (χ2v) is 7.90. The summed E-state index contributed by atoms with van der Waals surface area (Å²) in [5.74, 6) is -0.484. The number of carbonyl (C=O) groups excluding carboxylic acids is 1. The normalized spacial score (nSPS) is 16.1. The van der Waals surface area contributed by atoms with Crippen molar-refractivity contribution in [3.8, 4) is 6.07 Å². The third-order valence-electron chi connectivity index (χ3n) is 2.18. The number of nitriles is 1. The van der Waals surface area contributed by atoms with Crippen LogP contribution in [0.1, 0.15) is 38.5 Å². The van der Waals surface area contributed by atoms with Crippen molar-refractivity contribution in [3.63, 3.8) is 0 Å². The van der Waals surface area contributed by atoms with Crippen LogP contribution in [0.3, 0.4) is 0 Å². The van der Waals surface area contributed by atoms with Gasteiger partial charge in [-0.25, -0.2) is 0 Å². The zero-order valence-corrected chi connectivity index (χ0v) is 14.3. The second kappa shape index (κ2) is 9.45. The molecule has 4 heteroatoms. The van der Waals surface area contributed by atoms with Crippen LogP contribution < -0.4 is 0 Å². The van der Waals surface area contributed by atoms with Gasteiger partial charge in [0.05, 0.1) is 13.2 Å². The number of esters is 1. The summed E-state index contributed by atoms with van der Waals surface area (Å²) in [6, 6.07) is 1.64. The Morgan fingerprint density at radius 2 is 2.07 bits per heavy atom. The average Bonchev–Trinajstić information content (AvgIpc) is 2.20. The Bertz CT molecular complexity index is 195. The van der Waals surface area contributed by atoms with Gasteiger partial charge in [-0.3, -0.25) is 4.79 Å². The zero-order chi connectivity index (χ0) is 10.8. The Labute approximate surface area is 102 Å². The first-order valence-corrected chi connectivity index (χ1v) is 8.15. The van der Waals surface area contributed by atoms with E-state index in [0.29, 0.717) is 0 Å². The topological polar surface area (TPSA) is 50.1 Å². The van der Waals surface area contributed by atoms with E-state index in [1.165, 1.54) is 29.8 Å². The van der Waals surface area contributed by atoms with E-state index in [2.05, 4.69) is 4.74 Å². The van der Waals surface area contributed by atoms with Gasteiger partial charge in [-0.1, -0.05) is 0 Å². The van der Waals surface area contributed by atoms with Gasteiger partial charge in [-0.2, -0.15) is 5.26 Å². The average molecular weight is 383 g/mol. The number of methoxy groups -OCH3 is 1. The number of carbonyl (C=O) groups is 1. The minimum atomic E-state index is -0.484. The monoisotopic (exact) mass is 384 g/mol. The zero-order valence-electron chi connectivity index (χ0n) is 8.79. The van der Waals surface area contributed by atoms with Crippen LogP contribution in [0.4, 0.5) is 0 Å². The van der Waals surface area contributed by atoms with Crippen LogP contribution in [0, 0.1) is 11.3 Å². The van der Waals surface area contributed by atoms with Crippen LogP contribution in [-0.4, -0.2) is 13.1 Å². The fourth-order valence-corrected chi connectivity index (χ4v) is 3.57. The van der Waals surface area contributed by atoms with E-state index in [-0.39, 0.29) is 6.42 Å². The van der Waals surface area contributed by atoms with Crippen LogP contribution in [0.25, 0.3) is 0 Å². The van der Waals surface area contributed by atoms with Gasteiger partial charge in [0.2, 0.25) is 0 Å². The molecular formula is C10H16HgNO2. The van der Waals surface area contributed by atoms with Gasteiger partial charge < -0.3 is 4.74 Å². The fourth-order valence-electron chi connectivity index (χ4n) is 1.32. The molecular weight excluding hydrogens is 367 g/mol. The molecule has 0 bridgehead atoms. The van der Waals surface area contributed by atoms with Crippen molar-refractivity contribution in [2.24, 2.45) is 0 Å². The molecule has 0 aromatic carbocycles. The molecule has 0 N–H and O–H groups in total. The van der Waals surface area contributed by atoms with Crippen molar-refractivity contribution in [2.75, 3.05) is 7.11 Å². The molecule has 0 aromatic rings. The van der Waals surface area contributed by atoms with Gasteiger partial charge >= 0.3 is 67.6 Å². The summed E-state index contributed by atoms with van der Waals surface area (Å²) in [7, 11) is 1.25. The molecule has 1 saturated carbocycles. The molecule has 0 spiro atoms. The molecule has 1 rings (SSSR count). The van der Waals surface area contributed by atoms with Gasteiger partial charge in [0.25, 0.3) is 0 Å². The number of ether oxygens (including phenoxy) is 1. The second-order valence-electron chi connectivity index (χ2n) is 3.42. The van der Waals surface area contributed by atoms with Gasteiger partial charge in [0, 0.05) is 0 Å². The fraction of sp³-hybridized carbons (Fsp3) is 0.800. The molecule has 75 valence electrons. The molecule has 3 nitrogen and oxygen atoms in total. The van der Waals surface area contributed by atoms with E-state index in [0.717, 1.165) is 26.1 Å². The summed E-state index contributed by atoms with van der Waals surface area (Å²) < 4.78 is 5.36. The van der Waals surface area contributed by atoms with Crippen LogP contribution >= 0.6 is 0 Å². The van der Waals surface area contributed by atoms with E-state index in [1.54, 1.807) is 18.9 Å². The molecule has 1 aliphatic rings. The Balaban J connectivity index is 0.000000241. The number of nitrogens with zero attached hydrogens (tertiary/aromatic N) is 1. The number of hydrogen-bond acceptors (Lipinski definition) is 3. The summed E-state index contributed by atoms with van der Waals surface area (Å²) in [4.78, 5) is 9.97. The predicted octanol–water partition coefficient (Wildman–Crippen LogP) is 2.36. The summed E-state index contributed by atoms with van der Waals surface area (Å²) >= 11 is 1.09. The van der Waals surface area contributed by atoms with Crippen molar-refractivity contribution in [2.45, 2.75) is 42.0 Å². The molecule has 0 radical (unpaired) electrons. The summed E-state index contributed by atoms with van der Waals surface area (Å²) in [5.41, 5.74) is 0. The minimum absolute atomic E-state index is 0.156. The van der Waals surface area contributed by atoms with E-state index in [4.69, 9.17) is 5.26 Å². The van der Waals surface area contributed by atoms with E-state index < -0.39 is 5.97 Å². The van der Waals surface area contributed by atoms with Crippen LogP contribution in [0.15, 0.2) is 0 Å². The first-order chi connectivity index (χ1) is 6.70. The van der Waals surface area contributed by atoms with Crippen LogP contribution in [0.2, 0.25) is 3.43 Å². The molecule has 0 heterocycles. The molecule has 1 aliphatic carbocycles. The Morgan fingerprint density at radius 1 is 1.50 bits per heavy atom. The molecule has 0 unspecified atom stereocenters. The number of hydrogen-bond donors (Lipinski definition) is 0. The quantitative estimate of drug-likeness (QED) is 0.516. The molecule has 1 fully saturated rings. The maximum atomic E-state index is 9.97. The summed E-state index contributed by atoms with van der Waals surface area (Å²) in [6.07, 6.45) is 7.58. The van der Waals surface area contributed by atoms with E-state index in [9.17, 15) is 4.79 Å². The standard InChI is InChI=1S/C6H11.C4H5NO2.Hg/c1-2-4-6-5-3-1;1-7-4(6)2-3-5;/h1H,2-6H2;2H2,1H3;. The summed E-state index contributed by atoms with van der Waals surface area (Å²) in [5, 5.41) is 7.82. The van der Waals surface area contributed by atoms with Crippen molar-refractivity contribution >= 4 is 5.97 Å². The maximum absolute atomic E-state index is 9.97. The Morgan fingerprint density at radius 3 is 2.29 bits per heavy atom. The molecule has 0 aromatic heterocycles. The van der Waals surface area contributed by atoms with E-state index >= 15 is 0 Å². The van der Waals surface area contributed by atoms with Gasteiger partial charge in [-0.15, -0.1) is 0 Å². The molecule has 14 heavy (non-hydrogen) atoms. The van der Waals surface area contributed by atoms with Crippen molar-refractivity contribution in [1.29, 1.82) is 5.26 Å². The van der Waals surface area contributed by atoms with Crippen LogP contribution in [-0.2, 0) is 35.7 Å². The van der Waals surface area contributed by atoms with E-state index in [1.807, 2.05) is 0 Å². The SMILES string of the molecule is COC(=O)CC#N.[Hg][CH]1CCCCC1. The third-order valence-corrected chi connectivity index (χ3v) is 5.35. The molecule has 0 amide bonds. The summed E-state index contributed by atoms with van der Waals surface area (Å²) in [6.45, 7) is 0. The molecule has 0 atom stereocenters. The molecule has 0 saturated heterocycles. The number of rotatable bonds is 1. The third kappa shape index (κ3) is 8.49. The first kappa shape index (κ1) is 13.9. The van der Waals surface area contributed by atoms with Crippen molar-refractivity contribution in [3.05, 3.63) is 0 Å². The Hall–Kier alpha value is -0.105. The van der Waals surface area contributed by atoms with Gasteiger partial charge in [0.15, 0.2) is 0 Å². The Kier molecular flexibility index (Phi) is 9.38. The van der Waals surface area contributed by atoms with Gasteiger partial charge in [-0.05, 0) is 0 Å². The van der Waals surface area contributed by atoms with Gasteiger partial charge in [0.1, 0.15) is 6.42 Å². The molecule has 0 aliphatic heterocycles. The predicted molar refractivity (Wildman–Crippen MR) is 49.1 cm³/mol. The first-order valence-electron chi connectivity index (χ1n) is 4.97. The van der Waals surface area contributed by atoms with Crippen molar-refractivity contribution in [1.82, 2.24) is 0 Å².